The van der Waals surface area contributed by atoms with E-state index in [0.717, 1.165) is 44.5 Å². The van der Waals surface area contributed by atoms with Crippen LogP contribution in [0.1, 0.15) is 53.9 Å². The molecule has 6 rings (SSSR count). The Morgan fingerprint density at radius 1 is 0.659 bits per heavy atom. The van der Waals surface area contributed by atoms with E-state index in [2.05, 4.69) is 34.9 Å². The molecule has 0 radical (unpaired) electrons. The summed E-state index contributed by atoms with van der Waals surface area (Å²) in [6.45, 7) is 1.89. The van der Waals surface area contributed by atoms with Gasteiger partial charge in [-0.3, -0.25) is 0 Å². The van der Waals surface area contributed by atoms with Crippen molar-refractivity contribution in [3.8, 4) is 22.3 Å². The van der Waals surface area contributed by atoms with Gasteiger partial charge in [0, 0.05) is 18.4 Å². The van der Waals surface area contributed by atoms with Crippen molar-refractivity contribution in [2.75, 3.05) is 19.8 Å². The lowest BCUT2D eigenvalue weighted by molar-refractivity contribution is -0.144. The SMILES string of the molecule is CC(CCCNC(=O)OCC1c2ccccc2-c2ccccc21)(NC(=O)OCC1c2ccccc2-c2ccccc21)C(=O)O. The molecule has 0 aliphatic heterocycles. The Labute approximate surface area is 256 Å². The molecule has 2 aliphatic rings. The van der Waals surface area contributed by atoms with Gasteiger partial charge in [-0.2, -0.15) is 0 Å². The van der Waals surface area contributed by atoms with Crippen molar-refractivity contribution < 1.29 is 29.0 Å². The first-order chi connectivity index (χ1) is 21.4. The average molecular weight is 591 g/mol. The van der Waals surface area contributed by atoms with Crippen molar-refractivity contribution >= 4 is 18.2 Å². The monoisotopic (exact) mass is 590 g/mol. The molecule has 3 N–H and O–H groups in total. The Kier molecular flexibility index (Phi) is 8.07. The molecule has 1 unspecified atom stereocenters. The van der Waals surface area contributed by atoms with Crippen molar-refractivity contribution in [3.05, 3.63) is 119 Å². The van der Waals surface area contributed by atoms with Gasteiger partial charge >= 0.3 is 18.2 Å². The average Bonchev–Trinajstić information content (AvgIpc) is 3.53. The lowest BCUT2D eigenvalue weighted by atomic mass is 9.96. The fourth-order valence-corrected chi connectivity index (χ4v) is 6.36. The first kappa shape index (κ1) is 29.0. The van der Waals surface area contributed by atoms with Crippen molar-refractivity contribution in [1.29, 1.82) is 0 Å². The first-order valence-electron chi connectivity index (χ1n) is 14.8. The Balaban J connectivity index is 0.980. The third-order valence-corrected chi connectivity index (χ3v) is 8.66. The number of hydrogen-bond acceptors (Lipinski definition) is 5. The third kappa shape index (κ3) is 5.63. The summed E-state index contributed by atoms with van der Waals surface area (Å²) < 4.78 is 11.1. The molecule has 0 saturated carbocycles. The van der Waals surface area contributed by atoms with E-state index >= 15 is 0 Å². The van der Waals surface area contributed by atoms with E-state index in [1.54, 1.807) is 0 Å². The number of carbonyl (C=O) groups is 3. The number of benzene rings is 4. The van der Waals surface area contributed by atoms with Gasteiger partial charge in [0.1, 0.15) is 18.8 Å². The Morgan fingerprint density at radius 2 is 1.05 bits per heavy atom. The molecule has 8 heteroatoms. The zero-order valence-corrected chi connectivity index (χ0v) is 24.4. The molecular weight excluding hydrogens is 556 g/mol. The molecule has 2 aliphatic carbocycles. The van der Waals surface area contributed by atoms with Gasteiger partial charge < -0.3 is 25.2 Å². The summed E-state index contributed by atoms with van der Waals surface area (Å²) in [5.74, 6) is -1.37. The van der Waals surface area contributed by atoms with Crippen LogP contribution in [0.5, 0.6) is 0 Å². The largest absolute Gasteiger partial charge is 0.480 e. The van der Waals surface area contributed by atoms with E-state index in [9.17, 15) is 19.5 Å². The number of rotatable bonds is 10. The van der Waals surface area contributed by atoms with Crippen LogP contribution in [0.2, 0.25) is 0 Å². The van der Waals surface area contributed by atoms with Crippen LogP contribution in [0.3, 0.4) is 0 Å². The molecule has 224 valence electrons. The topological polar surface area (TPSA) is 114 Å². The van der Waals surface area contributed by atoms with Crippen LogP contribution in [-0.2, 0) is 14.3 Å². The summed E-state index contributed by atoms with van der Waals surface area (Å²) in [7, 11) is 0. The number of alkyl carbamates (subject to hydrolysis) is 2. The third-order valence-electron chi connectivity index (χ3n) is 8.66. The molecule has 0 spiro atoms. The van der Waals surface area contributed by atoms with Crippen LogP contribution in [0.4, 0.5) is 9.59 Å². The molecule has 0 bridgehead atoms. The Bertz CT molecular complexity index is 1630. The second-order valence-corrected chi connectivity index (χ2v) is 11.4. The number of amides is 2. The second kappa shape index (κ2) is 12.2. The van der Waals surface area contributed by atoms with Crippen LogP contribution in [0, 0.1) is 0 Å². The number of fused-ring (bicyclic) bond motifs is 6. The molecule has 0 aromatic heterocycles. The fourth-order valence-electron chi connectivity index (χ4n) is 6.36. The van der Waals surface area contributed by atoms with Gasteiger partial charge in [-0.1, -0.05) is 97.1 Å². The summed E-state index contributed by atoms with van der Waals surface area (Å²) in [5.41, 5.74) is 7.32. The predicted molar refractivity (Wildman–Crippen MR) is 167 cm³/mol. The highest BCUT2D eigenvalue weighted by Gasteiger charge is 2.36. The summed E-state index contributed by atoms with van der Waals surface area (Å²) in [5, 5.41) is 15.1. The van der Waals surface area contributed by atoms with Crippen molar-refractivity contribution in [2.24, 2.45) is 0 Å². The van der Waals surface area contributed by atoms with Gasteiger partial charge in [-0.25, -0.2) is 14.4 Å². The molecule has 44 heavy (non-hydrogen) atoms. The number of carbonyl (C=O) groups excluding carboxylic acids is 2. The zero-order chi connectivity index (χ0) is 30.7. The number of carboxylic acid groups (broad SMARTS) is 1. The van der Waals surface area contributed by atoms with Crippen LogP contribution in [0.15, 0.2) is 97.1 Å². The maximum absolute atomic E-state index is 12.8. The quantitative estimate of drug-likeness (QED) is 0.177. The van der Waals surface area contributed by atoms with E-state index in [1.807, 2.05) is 72.8 Å². The van der Waals surface area contributed by atoms with Gasteiger partial charge in [0.25, 0.3) is 0 Å². The molecule has 1 atom stereocenters. The Morgan fingerprint density at radius 3 is 1.45 bits per heavy atom. The molecular formula is C36H34N2O6. The van der Waals surface area contributed by atoms with Gasteiger partial charge in [0.2, 0.25) is 0 Å². The lowest BCUT2D eigenvalue weighted by Gasteiger charge is -2.26. The predicted octanol–water partition coefficient (Wildman–Crippen LogP) is 6.69. The highest BCUT2D eigenvalue weighted by atomic mass is 16.6. The van der Waals surface area contributed by atoms with E-state index in [0.29, 0.717) is 6.42 Å². The molecule has 4 aromatic rings. The molecule has 4 aromatic carbocycles. The van der Waals surface area contributed by atoms with E-state index in [4.69, 9.17) is 9.47 Å². The molecule has 0 saturated heterocycles. The minimum absolute atomic E-state index is 0.0511. The molecule has 8 nitrogen and oxygen atoms in total. The summed E-state index contributed by atoms with van der Waals surface area (Å²) in [6, 6.07) is 32.2. The van der Waals surface area contributed by atoms with E-state index < -0.39 is 23.7 Å². The summed E-state index contributed by atoms with van der Waals surface area (Å²) in [6.07, 6.45) is -0.998. The van der Waals surface area contributed by atoms with Crippen molar-refractivity contribution in [1.82, 2.24) is 10.6 Å². The van der Waals surface area contributed by atoms with Gasteiger partial charge in [0.05, 0.1) is 0 Å². The second-order valence-electron chi connectivity index (χ2n) is 11.4. The highest BCUT2D eigenvalue weighted by Crippen LogP contribution is 2.45. The van der Waals surface area contributed by atoms with E-state index in [-0.39, 0.29) is 38.0 Å². The minimum atomic E-state index is -1.58. The number of hydrogen-bond donors (Lipinski definition) is 3. The van der Waals surface area contributed by atoms with E-state index in [1.165, 1.54) is 6.92 Å². The molecule has 2 amide bonds. The summed E-state index contributed by atoms with van der Waals surface area (Å²) >= 11 is 0. The van der Waals surface area contributed by atoms with Crippen LogP contribution < -0.4 is 10.6 Å². The highest BCUT2D eigenvalue weighted by molar-refractivity contribution is 5.84. The van der Waals surface area contributed by atoms with Gasteiger partial charge in [0.15, 0.2) is 0 Å². The molecule has 0 fully saturated rings. The van der Waals surface area contributed by atoms with Crippen LogP contribution >= 0.6 is 0 Å². The summed E-state index contributed by atoms with van der Waals surface area (Å²) in [4.78, 5) is 37.4. The Hall–Kier alpha value is -5.11. The lowest BCUT2D eigenvalue weighted by Crippen LogP contribution is -2.52. The number of aliphatic carboxylic acids is 1. The fraction of sp³-hybridized carbons (Fsp3) is 0.250. The smallest absolute Gasteiger partial charge is 0.408 e. The number of ether oxygens (including phenoxy) is 2. The zero-order valence-electron chi connectivity index (χ0n) is 24.4. The maximum Gasteiger partial charge on any atom is 0.408 e. The van der Waals surface area contributed by atoms with Crippen LogP contribution in [0.25, 0.3) is 22.3 Å². The first-order valence-corrected chi connectivity index (χ1v) is 14.8. The molecule has 0 heterocycles. The van der Waals surface area contributed by atoms with Crippen molar-refractivity contribution in [2.45, 2.75) is 37.1 Å². The van der Waals surface area contributed by atoms with Crippen molar-refractivity contribution in [3.63, 3.8) is 0 Å². The standard InChI is InChI=1S/C36H34N2O6/c1-36(33(39)40,38-35(42)44-22-32-29-17-8-4-13-25(29)26-14-5-9-18-30(26)32)19-10-20-37-34(41)43-21-31-27-15-6-2-11-23(27)24-12-3-7-16-28(24)31/h2-9,11-18,31-32H,10,19-22H2,1H3,(H,37,41)(H,38,42)(H,39,40). The van der Waals surface area contributed by atoms with Gasteiger partial charge in [-0.15, -0.1) is 0 Å². The number of carboxylic acids is 1. The minimum Gasteiger partial charge on any atom is -0.480 e. The normalized spacial score (nSPS) is 14.4. The maximum atomic E-state index is 12.8. The van der Waals surface area contributed by atoms with Gasteiger partial charge in [-0.05, 0) is 64.3 Å². The number of nitrogens with one attached hydrogen (secondary N) is 2. The van der Waals surface area contributed by atoms with Crippen LogP contribution in [-0.4, -0.2) is 48.6 Å².